The van der Waals surface area contributed by atoms with Crippen molar-refractivity contribution in [1.82, 2.24) is 14.6 Å². The Bertz CT molecular complexity index is 1060. The highest BCUT2D eigenvalue weighted by Crippen LogP contribution is 2.44. The van der Waals surface area contributed by atoms with E-state index < -0.39 is 35.2 Å². The molecule has 3 heterocycles. The van der Waals surface area contributed by atoms with Crippen molar-refractivity contribution in [3.05, 3.63) is 17.2 Å². The van der Waals surface area contributed by atoms with Crippen LogP contribution in [0, 0.1) is 24.1 Å². The van der Waals surface area contributed by atoms with Crippen molar-refractivity contribution in [3.8, 4) is 5.75 Å². The Labute approximate surface area is 188 Å². The highest BCUT2D eigenvalue weighted by molar-refractivity contribution is 5.76. The number of fused-ring (bicyclic) bond motifs is 1. The molecule has 2 aromatic heterocycles. The van der Waals surface area contributed by atoms with Gasteiger partial charge in [0.2, 0.25) is 0 Å². The average Bonchev–Trinajstić information content (AvgIpc) is 3.08. The average molecular weight is 472 g/mol. The zero-order chi connectivity index (χ0) is 24.1. The second-order valence-corrected chi connectivity index (χ2v) is 9.47. The number of carboxylic acid groups (broad SMARTS) is 1. The van der Waals surface area contributed by atoms with Crippen LogP contribution in [0.3, 0.4) is 0 Å². The van der Waals surface area contributed by atoms with Gasteiger partial charge in [0.15, 0.2) is 23.0 Å². The van der Waals surface area contributed by atoms with E-state index in [1.807, 2.05) is 4.90 Å². The van der Waals surface area contributed by atoms with Crippen molar-refractivity contribution in [3.63, 3.8) is 0 Å². The lowest BCUT2D eigenvalue weighted by Crippen LogP contribution is -2.47. The first kappa shape index (κ1) is 23.6. The quantitative estimate of drug-likeness (QED) is 0.649. The van der Waals surface area contributed by atoms with Crippen molar-refractivity contribution in [2.45, 2.75) is 64.5 Å². The summed E-state index contributed by atoms with van der Waals surface area (Å²) in [6.07, 6.45) is -2.86. The zero-order valence-electron chi connectivity index (χ0n) is 18.9. The van der Waals surface area contributed by atoms with Gasteiger partial charge >= 0.3 is 12.1 Å². The number of aliphatic carboxylic acids is 1. The molecule has 182 valence electrons. The fourth-order valence-electron chi connectivity index (χ4n) is 5.18. The Hall–Kier alpha value is -2.59. The van der Waals surface area contributed by atoms with Gasteiger partial charge in [0.25, 0.3) is 0 Å². The number of nitrogens with zero attached hydrogens (tertiary/aromatic N) is 4. The maximum Gasteiger partial charge on any atom is 0.391 e. The van der Waals surface area contributed by atoms with E-state index in [0.29, 0.717) is 36.6 Å². The maximum atomic E-state index is 15.5. The number of ether oxygens (including phenoxy) is 1. The van der Waals surface area contributed by atoms with E-state index in [1.54, 1.807) is 13.8 Å². The topological polar surface area (TPSA) is 80.0 Å². The van der Waals surface area contributed by atoms with Crippen LogP contribution in [0.1, 0.15) is 62.8 Å². The van der Waals surface area contributed by atoms with Gasteiger partial charge in [-0.05, 0) is 52.4 Å². The number of carbonyl (C=O) groups is 1. The summed E-state index contributed by atoms with van der Waals surface area (Å²) in [5, 5.41) is 14.2. The van der Waals surface area contributed by atoms with Gasteiger partial charge in [-0.2, -0.15) is 22.8 Å². The van der Waals surface area contributed by atoms with Crippen LogP contribution in [0.15, 0.2) is 0 Å². The number of piperidine rings is 1. The maximum absolute atomic E-state index is 15.5. The molecule has 33 heavy (non-hydrogen) atoms. The largest absolute Gasteiger partial charge is 0.491 e. The van der Waals surface area contributed by atoms with E-state index in [9.17, 15) is 23.1 Å². The highest BCUT2D eigenvalue weighted by Gasteiger charge is 2.43. The SMILES string of the molecule is COc1c(C)nc2c(F)c([C@H]3CC[C@H](C(F)(F)F)CC3)nn2c1N1CCC[C@](C)(C(=O)O)C1. The van der Waals surface area contributed by atoms with Crippen LogP contribution in [0.2, 0.25) is 0 Å². The molecule has 1 saturated carbocycles. The van der Waals surface area contributed by atoms with Crippen molar-refractivity contribution in [2.75, 3.05) is 25.1 Å². The standard InChI is InChI=1S/C22H28F4N4O3/c1-12-17(33-3)19(29-10-4-9-21(2,11-29)20(31)32)30-18(27-12)15(23)16(28-30)13-5-7-14(8-6-13)22(24,25)26/h13-14H,4-11H2,1-3H3,(H,31,32)/t13-,14-,21-/m0/s1. The summed E-state index contributed by atoms with van der Waals surface area (Å²) in [4.78, 5) is 18.0. The molecule has 2 fully saturated rings. The first-order valence-electron chi connectivity index (χ1n) is 11.1. The number of aromatic nitrogens is 3. The van der Waals surface area contributed by atoms with Crippen LogP contribution in [0.5, 0.6) is 5.75 Å². The highest BCUT2D eigenvalue weighted by atomic mass is 19.4. The number of rotatable bonds is 4. The van der Waals surface area contributed by atoms with Crippen molar-refractivity contribution >= 4 is 17.4 Å². The molecule has 0 unspecified atom stereocenters. The van der Waals surface area contributed by atoms with Crippen LogP contribution < -0.4 is 9.64 Å². The fraction of sp³-hybridized carbons (Fsp3) is 0.682. The summed E-state index contributed by atoms with van der Waals surface area (Å²) >= 11 is 0. The van der Waals surface area contributed by atoms with Gasteiger partial charge in [0.1, 0.15) is 5.69 Å². The van der Waals surface area contributed by atoms with Crippen LogP contribution in [0.25, 0.3) is 5.65 Å². The third-order valence-electron chi connectivity index (χ3n) is 7.13. The first-order valence-corrected chi connectivity index (χ1v) is 11.1. The smallest absolute Gasteiger partial charge is 0.391 e. The lowest BCUT2D eigenvalue weighted by Gasteiger charge is -2.39. The van der Waals surface area contributed by atoms with E-state index in [-0.39, 0.29) is 43.6 Å². The second-order valence-electron chi connectivity index (χ2n) is 9.47. The first-order chi connectivity index (χ1) is 15.5. The summed E-state index contributed by atoms with van der Waals surface area (Å²) < 4.78 is 61.5. The Morgan fingerprint density at radius 2 is 1.91 bits per heavy atom. The van der Waals surface area contributed by atoms with Crippen molar-refractivity contribution in [2.24, 2.45) is 11.3 Å². The zero-order valence-corrected chi connectivity index (χ0v) is 18.9. The molecule has 0 bridgehead atoms. The number of anilines is 1. The summed E-state index contributed by atoms with van der Waals surface area (Å²) in [5.41, 5.74) is -0.486. The molecule has 0 radical (unpaired) electrons. The van der Waals surface area contributed by atoms with Gasteiger partial charge < -0.3 is 14.7 Å². The normalized spacial score (nSPS) is 26.6. The van der Waals surface area contributed by atoms with Gasteiger partial charge in [-0.15, -0.1) is 0 Å². The van der Waals surface area contributed by atoms with E-state index >= 15 is 4.39 Å². The minimum atomic E-state index is -4.24. The van der Waals surface area contributed by atoms with Gasteiger partial charge in [-0.1, -0.05) is 0 Å². The second kappa shape index (κ2) is 8.32. The lowest BCUT2D eigenvalue weighted by molar-refractivity contribution is -0.182. The molecular formula is C22H28F4N4O3. The summed E-state index contributed by atoms with van der Waals surface area (Å²) in [6, 6.07) is 0. The van der Waals surface area contributed by atoms with Gasteiger partial charge in [-0.3, -0.25) is 4.79 Å². The van der Waals surface area contributed by atoms with Gasteiger partial charge in [0, 0.05) is 19.0 Å². The van der Waals surface area contributed by atoms with E-state index in [1.165, 1.54) is 11.6 Å². The Balaban J connectivity index is 1.76. The van der Waals surface area contributed by atoms with Crippen molar-refractivity contribution < 1.29 is 32.2 Å². The number of alkyl halides is 3. The number of aryl methyl sites for hydroxylation is 1. The lowest BCUT2D eigenvalue weighted by atomic mass is 9.80. The predicted octanol–water partition coefficient (Wildman–Crippen LogP) is 4.71. The molecule has 2 aromatic rings. The summed E-state index contributed by atoms with van der Waals surface area (Å²) in [7, 11) is 1.46. The Morgan fingerprint density at radius 1 is 1.24 bits per heavy atom. The monoisotopic (exact) mass is 472 g/mol. The van der Waals surface area contributed by atoms with Crippen LogP contribution in [-0.2, 0) is 4.79 Å². The molecule has 7 nitrogen and oxygen atoms in total. The van der Waals surface area contributed by atoms with Crippen LogP contribution >= 0.6 is 0 Å². The van der Waals surface area contributed by atoms with E-state index in [2.05, 4.69) is 10.1 Å². The van der Waals surface area contributed by atoms with Crippen LogP contribution in [-0.4, -0.2) is 52.0 Å². The number of hydrogen-bond donors (Lipinski definition) is 1. The third-order valence-corrected chi connectivity index (χ3v) is 7.13. The predicted molar refractivity (Wildman–Crippen MR) is 112 cm³/mol. The van der Waals surface area contributed by atoms with E-state index in [0.717, 1.165) is 0 Å². The fourth-order valence-corrected chi connectivity index (χ4v) is 5.18. The van der Waals surface area contributed by atoms with E-state index in [4.69, 9.17) is 4.74 Å². The molecule has 2 aliphatic rings. The molecule has 4 rings (SSSR count). The molecule has 1 aliphatic carbocycles. The number of halogens is 4. The molecule has 0 spiro atoms. The Morgan fingerprint density at radius 3 is 2.48 bits per heavy atom. The Kier molecular flexibility index (Phi) is 5.94. The third kappa shape index (κ3) is 4.10. The van der Waals surface area contributed by atoms with Gasteiger partial charge in [0.05, 0.1) is 24.1 Å². The molecular weight excluding hydrogens is 444 g/mol. The minimum absolute atomic E-state index is 0.0288. The number of carboxylic acids is 1. The molecule has 0 amide bonds. The van der Waals surface area contributed by atoms with Crippen molar-refractivity contribution in [1.29, 1.82) is 0 Å². The minimum Gasteiger partial charge on any atom is -0.491 e. The molecule has 1 atom stereocenters. The molecule has 0 aromatic carbocycles. The molecule has 1 aliphatic heterocycles. The summed E-state index contributed by atoms with van der Waals surface area (Å²) in [6.45, 7) is 4.06. The number of methoxy groups -OCH3 is 1. The summed E-state index contributed by atoms with van der Waals surface area (Å²) in [5.74, 6) is -2.58. The van der Waals surface area contributed by atoms with Gasteiger partial charge in [-0.25, -0.2) is 9.37 Å². The molecule has 11 heteroatoms. The van der Waals surface area contributed by atoms with Crippen LogP contribution in [0.4, 0.5) is 23.4 Å². The number of hydrogen-bond acceptors (Lipinski definition) is 5. The molecule has 1 saturated heterocycles. The molecule has 1 N–H and O–H groups in total.